The number of rotatable bonds is 3. The number of fused-ring (bicyclic) bond motifs is 1. The number of anilines is 1. The highest BCUT2D eigenvalue weighted by Gasteiger charge is 2.20. The van der Waals surface area contributed by atoms with Gasteiger partial charge in [-0.15, -0.1) is 11.3 Å². The lowest BCUT2D eigenvalue weighted by Crippen LogP contribution is -2.46. The van der Waals surface area contributed by atoms with Crippen LogP contribution >= 0.6 is 22.9 Å². The molecule has 4 nitrogen and oxygen atoms in total. The second kappa shape index (κ2) is 6.43. The van der Waals surface area contributed by atoms with Crippen molar-refractivity contribution in [3.8, 4) is 0 Å². The Labute approximate surface area is 144 Å². The second-order valence-corrected chi connectivity index (χ2v) is 7.07. The molecule has 0 saturated carbocycles. The van der Waals surface area contributed by atoms with Crippen LogP contribution < -0.4 is 4.90 Å². The van der Waals surface area contributed by atoms with E-state index in [4.69, 9.17) is 11.6 Å². The number of piperazine rings is 1. The van der Waals surface area contributed by atoms with E-state index in [-0.39, 0.29) is 0 Å². The molecule has 1 aromatic carbocycles. The first-order valence-electron chi connectivity index (χ1n) is 7.69. The van der Waals surface area contributed by atoms with Crippen LogP contribution in [0, 0.1) is 0 Å². The van der Waals surface area contributed by atoms with E-state index in [2.05, 4.69) is 43.3 Å². The van der Waals surface area contributed by atoms with Gasteiger partial charge in [-0.3, -0.25) is 4.90 Å². The van der Waals surface area contributed by atoms with Crippen molar-refractivity contribution in [3.05, 3.63) is 52.6 Å². The van der Waals surface area contributed by atoms with Crippen LogP contribution in [0.1, 0.15) is 5.56 Å². The third-order valence-electron chi connectivity index (χ3n) is 4.22. The predicted octanol–water partition coefficient (Wildman–Crippen LogP) is 3.67. The van der Waals surface area contributed by atoms with Gasteiger partial charge >= 0.3 is 0 Å². The summed E-state index contributed by atoms with van der Waals surface area (Å²) in [5, 5.41) is 2.88. The number of benzene rings is 1. The molecule has 4 rings (SSSR count). The Bertz CT molecular complexity index is 794. The zero-order chi connectivity index (χ0) is 15.6. The summed E-state index contributed by atoms with van der Waals surface area (Å²) in [7, 11) is 0. The minimum absolute atomic E-state index is 0.794. The lowest BCUT2D eigenvalue weighted by Gasteiger charge is -2.35. The second-order valence-electron chi connectivity index (χ2n) is 5.72. The molecule has 0 radical (unpaired) electrons. The van der Waals surface area contributed by atoms with Crippen LogP contribution in [0.3, 0.4) is 0 Å². The van der Waals surface area contributed by atoms with Crippen molar-refractivity contribution < 1.29 is 0 Å². The van der Waals surface area contributed by atoms with Gasteiger partial charge in [-0.2, -0.15) is 0 Å². The molecule has 1 fully saturated rings. The molecule has 1 aliphatic heterocycles. The Morgan fingerprint density at radius 1 is 1.00 bits per heavy atom. The summed E-state index contributed by atoms with van der Waals surface area (Å²) < 4.78 is 1.19. The molecule has 118 valence electrons. The molecule has 3 aromatic rings. The van der Waals surface area contributed by atoms with Gasteiger partial charge in [-0.05, 0) is 29.1 Å². The standard InChI is InChI=1S/C17H17ClN4S/c18-14-3-1-13(2-4-14)11-21-6-8-22(9-7-21)17-16-15(5-10-23-16)19-12-20-17/h1-5,10,12H,6-9,11H2. The van der Waals surface area contributed by atoms with Gasteiger partial charge < -0.3 is 4.90 Å². The van der Waals surface area contributed by atoms with Gasteiger partial charge in [0.25, 0.3) is 0 Å². The van der Waals surface area contributed by atoms with Crippen LogP contribution in [0.2, 0.25) is 5.02 Å². The topological polar surface area (TPSA) is 32.3 Å². The Kier molecular flexibility index (Phi) is 4.16. The van der Waals surface area contributed by atoms with Crippen LogP contribution in [-0.4, -0.2) is 41.0 Å². The van der Waals surface area contributed by atoms with Crippen LogP contribution in [0.15, 0.2) is 42.0 Å². The van der Waals surface area contributed by atoms with Crippen molar-refractivity contribution in [2.45, 2.75) is 6.54 Å². The van der Waals surface area contributed by atoms with Gasteiger partial charge in [0.05, 0.1) is 10.2 Å². The molecule has 0 bridgehead atoms. The summed E-state index contributed by atoms with van der Waals surface area (Å²) in [4.78, 5) is 13.7. The molecular weight excluding hydrogens is 328 g/mol. The Balaban J connectivity index is 1.43. The first-order valence-corrected chi connectivity index (χ1v) is 8.95. The molecule has 3 heterocycles. The lowest BCUT2D eigenvalue weighted by atomic mass is 10.2. The van der Waals surface area contributed by atoms with Crippen LogP contribution in [0.25, 0.3) is 10.2 Å². The van der Waals surface area contributed by atoms with E-state index in [0.717, 1.165) is 49.1 Å². The highest BCUT2D eigenvalue weighted by atomic mass is 35.5. The Hall–Kier alpha value is -1.69. The minimum Gasteiger partial charge on any atom is -0.353 e. The molecule has 2 aromatic heterocycles. The third kappa shape index (κ3) is 3.17. The highest BCUT2D eigenvalue weighted by Crippen LogP contribution is 2.28. The molecule has 0 N–H and O–H groups in total. The monoisotopic (exact) mass is 344 g/mol. The summed E-state index contributed by atoms with van der Waals surface area (Å²) in [6, 6.07) is 10.2. The maximum Gasteiger partial charge on any atom is 0.150 e. The van der Waals surface area contributed by atoms with Crippen molar-refractivity contribution in [1.29, 1.82) is 0 Å². The van der Waals surface area contributed by atoms with Crippen molar-refractivity contribution in [1.82, 2.24) is 14.9 Å². The lowest BCUT2D eigenvalue weighted by molar-refractivity contribution is 0.249. The van der Waals surface area contributed by atoms with E-state index in [1.807, 2.05) is 12.1 Å². The predicted molar refractivity (Wildman–Crippen MR) is 96.4 cm³/mol. The number of aromatic nitrogens is 2. The number of thiophene rings is 1. The van der Waals surface area contributed by atoms with Crippen molar-refractivity contribution in [2.75, 3.05) is 31.1 Å². The highest BCUT2D eigenvalue weighted by molar-refractivity contribution is 7.17. The first-order chi connectivity index (χ1) is 11.3. The molecular formula is C17H17ClN4S. The average Bonchev–Trinajstić information content (AvgIpc) is 3.06. The summed E-state index contributed by atoms with van der Waals surface area (Å²) in [5.74, 6) is 1.08. The van der Waals surface area contributed by atoms with E-state index in [1.165, 1.54) is 10.3 Å². The molecule has 0 unspecified atom stereocenters. The van der Waals surface area contributed by atoms with E-state index in [9.17, 15) is 0 Å². The smallest absolute Gasteiger partial charge is 0.150 e. The summed E-state index contributed by atoms with van der Waals surface area (Å²) in [6.07, 6.45) is 1.67. The zero-order valence-corrected chi connectivity index (χ0v) is 14.2. The number of halogens is 1. The normalized spacial score (nSPS) is 16.1. The van der Waals surface area contributed by atoms with Gasteiger partial charge in [-0.1, -0.05) is 23.7 Å². The minimum atomic E-state index is 0.794. The Morgan fingerprint density at radius 3 is 2.57 bits per heavy atom. The molecule has 0 atom stereocenters. The number of hydrogen-bond donors (Lipinski definition) is 0. The van der Waals surface area contributed by atoms with Gasteiger partial charge in [-0.25, -0.2) is 9.97 Å². The maximum atomic E-state index is 5.95. The largest absolute Gasteiger partial charge is 0.353 e. The number of nitrogens with zero attached hydrogens (tertiary/aromatic N) is 4. The van der Waals surface area contributed by atoms with Crippen molar-refractivity contribution in [2.24, 2.45) is 0 Å². The summed E-state index contributed by atoms with van der Waals surface area (Å²) >= 11 is 7.67. The molecule has 0 spiro atoms. The molecule has 0 aliphatic carbocycles. The van der Waals surface area contributed by atoms with Crippen LogP contribution in [0.4, 0.5) is 5.82 Å². The van der Waals surface area contributed by atoms with Crippen LogP contribution in [0.5, 0.6) is 0 Å². The number of hydrogen-bond acceptors (Lipinski definition) is 5. The van der Waals surface area contributed by atoms with Gasteiger partial charge in [0.15, 0.2) is 0 Å². The van der Waals surface area contributed by atoms with Crippen LogP contribution in [-0.2, 0) is 6.54 Å². The SMILES string of the molecule is Clc1ccc(CN2CCN(c3ncnc4ccsc34)CC2)cc1. The molecule has 1 aliphatic rings. The van der Waals surface area contributed by atoms with E-state index >= 15 is 0 Å². The first kappa shape index (κ1) is 14.9. The Morgan fingerprint density at radius 2 is 1.78 bits per heavy atom. The summed E-state index contributed by atoms with van der Waals surface area (Å²) in [5.41, 5.74) is 2.36. The molecule has 6 heteroatoms. The van der Waals surface area contributed by atoms with Gasteiger partial charge in [0.2, 0.25) is 0 Å². The van der Waals surface area contributed by atoms with E-state index < -0.39 is 0 Å². The molecule has 23 heavy (non-hydrogen) atoms. The maximum absolute atomic E-state index is 5.95. The quantitative estimate of drug-likeness (QED) is 0.725. The van der Waals surface area contributed by atoms with E-state index in [1.54, 1.807) is 17.7 Å². The zero-order valence-electron chi connectivity index (χ0n) is 12.7. The van der Waals surface area contributed by atoms with Crippen molar-refractivity contribution >= 4 is 39.0 Å². The summed E-state index contributed by atoms with van der Waals surface area (Å²) in [6.45, 7) is 5.05. The van der Waals surface area contributed by atoms with Crippen molar-refractivity contribution in [3.63, 3.8) is 0 Å². The fraction of sp³-hybridized carbons (Fsp3) is 0.294. The molecule has 1 saturated heterocycles. The fourth-order valence-corrected chi connectivity index (χ4v) is 3.95. The average molecular weight is 345 g/mol. The molecule has 0 amide bonds. The van der Waals surface area contributed by atoms with Gasteiger partial charge in [0, 0.05) is 37.7 Å². The van der Waals surface area contributed by atoms with Gasteiger partial charge in [0.1, 0.15) is 12.1 Å². The fourth-order valence-electron chi connectivity index (χ4n) is 2.97. The van der Waals surface area contributed by atoms with E-state index in [0.29, 0.717) is 0 Å². The third-order valence-corrected chi connectivity index (χ3v) is 5.37.